The lowest BCUT2D eigenvalue weighted by atomic mass is 9.51. The molecule has 0 saturated heterocycles. The molecule has 3 heteroatoms. The molecule has 0 aromatic heterocycles. The highest BCUT2D eigenvalue weighted by atomic mass is 16.5. The van der Waals surface area contributed by atoms with Crippen molar-refractivity contribution >= 4 is 0 Å². The summed E-state index contributed by atoms with van der Waals surface area (Å²) in [6, 6.07) is 8.27. The molecule has 2 N–H and O–H groups in total. The zero-order valence-corrected chi connectivity index (χ0v) is 12.8. The number of hydrogen-bond donors (Lipinski definition) is 2. The van der Waals surface area contributed by atoms with Crippen LogP contribution in [0.15, 0.2) is 24.3 Å². The van der Waals surface area contributed by atoms with Crippen molar-refractivity contribution in [1.29, 1.82) is 0 Å². The number of ether oxygens (including phenoxy) is 1. The molecular formula is C18H25NO2. The van der Waals surface area contributed by atoms with Gasteiger partial charge in [0.25, 0.3) is 0 Å². The Kier molecular flexibility index (Phi) is 3.05. The number of hydrogen-bond acceptors (Lipinski definition) is 3. The predicted octanol–water partition coefficient (Wildman–Crippen LogP) is 2.87. The van der Waals surface area contributed by atoms with Crippen molar-refractivity contribution in [2.45, 2.75) is 56.2 Å². The minimum atomic E-state index is -0.383. The van der Waals surface area contributed by atoms with Gasteiger partial charge in [0.15, 0.2) is 0 Å². The highest BCUT2D eigenvalue weighted by Gasteiger charge is 2.56. The van der Waals surface area contributed by atoms with Gasteiger partial charge in [-0.25, -0.2) is 0 Å². The van der Waals surface area contributed by atoms with Gasteiger partial charge in [-0.15, -0.1) is 0 Å². The fourth-order valence-corrected chi connectivity index (χ4v) is 5.49. The summed E-state index contributed by atoms with van der Waals surface area (Å²) in [5.41, 5.74) is 1.05. The minimum Gasteiger partial charge on any atom is -0.497 e. The fraction of sp³-hybridized carbons (Fsp3) is 0.667. The first-order valence-corrected chi connectivity index (χ1v) is 8.19. The topological polar surface area (TPSA) is 41.5 Å². The van der Waals surface area contributed by atoms with E-state index in [1.54, 1.807) is 7.11 Å². The molecule has 2 unspecified atom stereocenters. The molecule has 1 aromatic rings. The van der Waals surface area contributed by atoms with Crippen molar-refractivity contribution in [1.82, 2.24) is 5.32 Å². The molecule has 1 aromatic carbocycles. The largest absolute Gasteiger partial charge is 0.497 e. The lowest BCUT2D eigenvalue weighted by Gasteiger charge is -2.60. The molecule has 114 valence electrons. The van der Waals surface area contributed by atoms with Gasteiger partial charge in [0, 0.05) is 12.1 Å². The lowest BCUT2D eigenvalue weighted by Crippen LogP contribution is -2.64. The number of aliphatic hydroxyl groups is 1. The van der Waals surface area contributed by atoms with Crippen LogP contribution in [0.3, 0.4) is 0 Å². The predicted molar refractivity (Wildman–Crippen MR) is 82.2 cm³/mol. The van der Waals surface area contributed by atoms with Gasteiger partial charge in [-0.2, -0.15) is 0 Å². The standard InChI is InChI=1S/C18H25NO2/c1-21-16-4-2-3-13(6-16)11-19-17-7-14-5-15(8-17)10-18(20,9-14)12-17/h2-4,6,14-15,19-20H,5,7-12H2,1H3. The number of benzene rings is 1. The first-order valence-electron chi connectivity index (χ1n) is 8.19. The molecule has 0 amide bonds. The van der Waals surface area contributed by atoms with Gasteiger partial charge in [-0.3, -0.25) is 0 Å². The Labute approximate surface area is 126 Å². The van der Waals surface area contributed by atoms with E-state index in [0.29, 0.717) is 0 Å². The van der Waals surface area contributed by atoms with Crippen LogP contribution in [0.5, 0.6) is 5.75 Å². The quantitative estimate of drug-likeness (QED) is 0.894. The van der Waals surface area contributed by atoms with Gasteiger partial charge < -0.3 is 15.2 Å². The van der Waals surface area contributed by atoms with Crippen LogP contribution in [-0.2, 0) is 6.54 Å². The Hall–Kier alpha value is -1.06. The van der Waals surface area contributed by atoms with Crippen molar-refractivity contribution in [2.75, 3.05) is 7.11 Å². The summed E-state index contributed by atoms with van der Waals surface area (Å²) in [6.45, 7) is 0.868. The third-order valence-electron chi connectivity index (χ3n) is 5.83. The maximum Gasteiger partial charge on any atom is 0.119 e. The summed E-state index contributed by atoms with van der Waals surface area (Å²) in [5, 5.41) is 14.6. The van der Waals surface area contributed by atoms with E-state index in [4.69, 9.17) is 4.74 Å². The molecule has 4 aliphatic rings. The summed E-state index contributed by atoms with van der Waals surface area (Å²) in [4.78, 5) is 0. The average Bonchev–Trinajstić information content (AvgIpc) is 2.43. The Morgan fingerprint density at radius 1 is 1.24 bits per heavy atom. The first-order chi connectivity index (χ1) is 10.1. The van der Waals surface area contributed by atoms with Crippen LogP contribution in [0.4, 0.5) is 0 Å². The first kappa shape index (κ1) is 13.6. The molecule has 4 aliphatic carbocycles. The van der Waals surface area contributed by atoms with Crippen molar-refractivity contribution in [3.8, 4) is 5.75 Å². The second-order valence-corrected chi connectivity index (χ2v) is 7.67. The molecule has 0 heterocycles. The van der Waals surface area contributed by atoms with Gasteiger partial charge in [0.1, 0.15) is 5.75 Å². The summed E-state index contributed by atoms with van der Waals surface area (Å²) in [7, 11) is 1.71. The second kappa shape index (κ2) is 4.72. The van der Waals surface area contributed by atoms with Gasteiger partial charge in [0.2, 0.25) is 0 Å². The van der Waals surface area contributed by atoms with E-state index >= 15 is 0 Å². The van der Waals surface area contributed by atoms with Gasteiger partial charge in [-0.1, -0.05) is 12.1 Å². The lowest BCUT2D eigenvalue weighted by molar-refractivity contribution is -0.142. The molecule has 0 aliphatic heterocycles. The summed E-state index contributed by atoms with van der Waals surface area (Å²) in [5.74, 6) is 2.38. The summed E-state index contributed by atoms with van der Waals surface area (Å²) in [6.07, 6.45) is 6.84. The van der Waals surface area contributed by atoms with Crippen LogP contribution in [0.2, 0.25) is 0 Å². The second-order valence-electron chi connectivity index (χ2n) is 7.67. The third kappa shape index (κ3) is 2.47. The normalized spacial score (nSPS) is 40.5. The average molecular weight is 287 g/mol. The molecule has 3 nitrogen and oxygen atoms in total. The van der Waals surface area contributed by atoms with Gasteiger partial charge in [0.05, 0.1) is 12.7 Å². The van der Waals surface area contributed by atoms with Crippen LogP contribution in [-0.4, -0.2) is 23.4 Å². The molecule has 0 radical (unpaired) electrons. The van der Waals surface area contributed by atoms with Crippen molar-refractivity contribution in [3.63, 3.8) is 0 Å². The van der Waals surface area contributed by atoms with Crippen molar-refractivity contribution in [2.24, 2.45) is 11.8 Å². The number of rotatable bonds is 4. The van der Waals surface area contributed by atoms with Crippen LogP contribution in [0.1, 0.15) is 44.1 Å². The fourth-order valence-electron chi connectivity index (χ4n) is 5.49. The van der Waals surface area contributed by atoms with E-state index in [1.807, 2.05) is 12.1 Å². The van der Waals surface area contributed by atoms with E-state index in [1.165, 1.54) is 24.8 Å². The Morgan fingerprint density at radius 2 is 2.00 bits per heavy atom. The number of methoxy groups -OCH3 is 1. The number of nitrogens with one attached hydrogen (secondary N) is 1. The summed E-state index contributed by atoms with van der Waals surface area (Å²) < 4.78 is 5.30. The van der Waals surface area contributed by atoms with Crippen molar-refractivity contribution < 1.29 is 9.84 Å². The molecule has 4 fully saturated rings. The van der Waals surface area contributed by atoms with Crippen LogP contribution >= 0.6 is 0 Å². The minimum absolute atomic E-state index is 0.169. The van der Waals surface area contributed by atoms with Crippen molar-refractivity contribution in [3.05, 3.63) is 29.8 Å². The van der Waals surface area contributed by atoms with E-state index < -0.39 is 0 Å². The highest BCUT2D eigenvalue weighted by Crippen LogP contribution is 2.57. The SMILES string of the molecule is COc1cccc(CNC23CC4CC(CC(O)(C4)C2)C3)c1. The summed E-state index contributed by atoms with van der Waals surface area (Å²) >= 11 is 0. The Balaban J connectivity index is 1.49. The molecule has 2 atom stereocenters. The monoisotopic (exact) mass is 287 g/mol. The van der Waals surface area contributed by atoms with E-state index in [-0.39, 0.29) is 11.1 Å². The Morgan fingerprint density at radius 3 is 2.67 bits per heavy atom. The molecule has 5 rings (SSSR count). The van der Waals surface area contributed by atoms with E-state index in [9.17, 15) is 5.11 Å². The van der Waals surface area contributed by atoms with Gasteiger partial charge >= 0.3 is 0 Å². The smallest absolute Gasteiger partial charge is 0.119 e. The highest BCUT2D eigenvalue weighted by molar-refractivity contribution is 5.28. The molecule has 21 heavy (non-hydrogen) atoms. The zero-order valence-electron chi connectivity index (χ0n) is 12.8. The van der Waals surface area contributed by atoms with Crippen LogP contribution in [0, 0.1) is 11.8 Å². The molecule has 4 saturated carbocycles. The molecule has 4 bridgehead atoms. The van der Waals surface area contributed by atoms with E-state index in [0.717, 1.165) is 43.4 Å². The van der Waals surface area contributed by atoms with E-state index in [2.05, 4.69) is 17.4 Å². The molecular weight excluding hydrogens is 262 g/mol. The maximum atomic E-state index is 10.8. The third-order valence-corrected chi connectivity index (χ3v) is 5.83. The maximum absolute atomic E-state index is 10.8. The van der Waals surface area contributed by atoms with Gasteiger partial charge in [-0.05, 0) is 68.1 Å². The van der Waals surface area contributed by atoms with Crippen LogP contribution < -0.4 is 10.1 Å². The Bertz CT molecular complexity index is 528. The zero-order chi connectivity index (χ0) is 14.5. The molecule has 0 spiro atoms. The van der Waals surface area contributed by atoms with Crippen LogP contribution in [0.25, 0.3) is 0 Å².